The molecule has 0 saturated heterocycles. The maximum Gasteiger partial charge on any atom is 0.343 e. The molecule has 0 radical (unpaired) electrons. The van der Waals surface area contributed by atoms with Gasteiger partial charge in [0.05, 0.1) is 5.57 Å². The Morgan fingerprint density at radius 2 is 1.71 bits per heavy atom. The van der Waals surface area contributed by atoms with Crippen LogP contribution in [0.1, 0.15) is 16.7 Å². The van der Waals surface area contributed by atoms with Crippen molar-refractivity contribution in [3.05, 3.63) is 88.7 Å². The van der Waals surface area contributed by atoms with Crippen molar-refractivity contribution >= 4 is 12.0 Å². The maximum absolute atomic E-state index is 11.9. The zero-order valence-corrected chi connectivity index (χ0v) is 11.9. The van der Waals surface area contributed by atoms with Gasteiger partial charge in [0.25, 0.3) is 0 Å². The highest BCUT2D eigenvalue weighted by Crippen LogP contribution is 2.22. The Bertz CT molecular complexity index is 707. The molecule has 0 amide bonds. The standard InChI is InChI=1S/C19H16O2/c1-14-7-9-16(10-8-14)12-18-13-17(19(20)21-18)11-15-5-3-2-4-6-15/h2-11,13H,12H2,1H3/b17-11-. The van der Waals surface area contributed by atoms with Crippen molar-refractivity contribution < 1.29 is 9.53 Å². The van der Waals surface area contributed by atoms with Gasteiger partial charge >= 0.3 is 5.97 Å². The normalized spacial score (nSPS) is 16.0. The summed E-state index contributed by atoms with van der Waals surface area (Å²) in [5.74, 6) is 0.423. The molecule has 0 atom stereocenters. The summed E-state index contributed by atoms with van der Waals surface area (Å²) >= 11 is 0. The van der Waals surface area contributed by atoms with Gasteiger partial charge in [-0.15, -0.1) is 0 Å². The van der Waals surface area contributed by atoms with Gasteiger partial charge in [-0.25, -0.2) is 4.79 Å². The third-order valence-electron chi connectivity index (χ3n) is 3.40. The second kappa shape index (κ2) is 5.80. The monoisotopic (exact) mass is 276 g/mol. The SMILES string of the molecule is Cc1ccc(CC2=C/C(=C/c3ccccc3)C(=O)O2)cc1. The fourth-order valence-corrected chi connectivity index (χ4v) is 2.26. The molecule has 2 heteroatoms. The van der Waals surface area contributed by atoms with E-state index in [0.29, 0.717) is 17.8 Å². The lowest BCUT2D eigenvalue weighted by atomic mass is 10.1. The van der Waals surface area contributed by atoms with Crippen LogP contribution in [0.3, 0.4) is 0 Å². The fraction of sp³-hybridized carbons (Fsp3) is 0.105. The van der Waals surface area contributed by atoms with Crippen LogP contribution in [0.5, 0.6) is 0 Å². The Morgan fingerprint density at radius 1 is 1.00 bits per heavy atom. The van der Waals surface area contributed by atoms with Gasteiger partial charge < -0.3 is 4.74 Å². The lowest BCUT2D eigenvalue weighted by Crippen LogP contribution is -1.98. The summed E-state index contributed by atoms with van der Waals surface area (Å²) in [5, 5.41) is 0. The third-order valence-corrected chi connectivity index (χ3v) is 3.40. The van der Waals surface area contributed by atoms with Crippen LogP contribution in [-0.2, 0) is 16.0 Å². The molecule has 0 N–H and O–H groups in total. The van der Waals surface area contributed by atoms with Crippen LogP contribution in [-0.4, -0.2) is 5.97 Å². The third kappa shape index (κ3) is 3.29. The van der Waals surface area contributed by atoms with E-state index in [-0.39, 0.29) is 5.97 Å². The highest BCUT2D eigenvalue weighted by Gasteiger charge is 2.20. The van der Waals surface area contributed by atoms with Crippen molar-refractivity contribution in [1.29, 1.82) is 0 Å². The minimum absolute atomic E-state index is 0.277. The van der Waals surface area contributed by atoms with Gasteiger partial charge in [-0.1, -0.05) is 60.2 Å². The molecule has 1 aliphatic rings. The Balaban J connectivity index is 1.79. The lowest BCUT2D eigenvalue weighted by molar-refractivity contribution is -0.133. The number of carbonyl (C=O) groups is 1. The van der Waals surface area contributed by atoms with Crippen LogP contribution >= 0.6 is 0 Å². The van der Waals surface area contributed by atoms with Gasteiger partial charge in [-0.3, -0.25) is 0 Å². The Hall–Kier alpha value is -2.61. The van der Waals surface area contributed by atoms with Gasteiger partial charge in [0.15, 0.2) is 0 Å². The summed E-state index contributed by atoms with van der Waals surface area (Å²) in [6, 6.07) is 18.0. The molecule has 21 heavy (non-hydrogen) atoms. The number of aryl methyl sites for hydroxylation is 1. The average molecular weight is 276 g/mol. The molecule has 0 spiro atoms. The first-order chi connectivity index (χ1) is 10.2. The zero-order valence-electron chi connectivity index (χ0n) is 11.9. The largest absolute Gasteiger partial charge is 0.427 e. The molecule has 0 bridgehead atoms. The van der Waals surface area contributed by atoms with Gasteiger partial charge in [0, 0.05) is 6.42 Å². The molecular weight excluding hydrogens is 260 g/mol. The van der Waals surface area contributed by atoms with Crippen molar-refractivity contribution in [1.82, 2.24) is 0 Å². The number of hydrogen-bond donors (Lipinski definition) is 0. The first-order valence-electron chi connectivity index (χ1n) is 6.96. The van der Waals surface area contributed by atoms with Crippen LogP contribution in [0.2, 0.25) is 0 Å². The smallest absolute Gasteiger partial charge is 0.343 e. The number of cyclic esters (lactones) is 1. The number of carbonyl (C=O) groups excluding carboxylic acids is 1. The van der Waals surface area contributed by atoms with E-state index in [1.54, 1.807) is 0 Å². The molecular formula is C19H16O2. The summed E-state index contributed by atoms with van der Waals surface area (Å²) in [6.45, 7) is 2.05. The molecule has 0 unspecified atom stereocenters. The number of ether oxygens (including phenoxy) is 1. The minimum Gasteiger partial charge on any atom is -0.427 e. The summed E-state index contributed by atoms with van der Waals surface area (Å²) in [5.41, 5.74) is 3.96. The highest BCUT2D eigenvalue weighted by atomic mass is 16.5. The second-order valence-electron chi connectivity index (χ2n) is 5.17. The van der Waals surface area contributed by atoms with E-state index in [4.69, 9.17) is 4.74 Å². The fourth-order valence-electron chi connectivity index (χ4n) is 2.26. The Kier molecular flexibility index (Phi) is 3.69. The number of benzene rings is 2. The molecule has 2 aromatic carbocycles. The first-order valence-corrected chi connectivity index (χ1v) is 6.96. The van der Waals surface area contributed by atoms with E-state index in [1.807, 2.05) is 42.5 Å². The van der Waals surface area contributed by atoms with Crippen LogP contribution in [0.4, 0.5) is 0 Å². The van der Waals surface area contributed by atoms with Gasteiger partial charge in [-0.2, -0.15) is 0 Å². The molecule has 0 aromatic heterocycles. The molecule has 1 heterocycles. The zero-order chi connectivity index (χ0) is 14.7. The van der Waals surface area contributed by atoms with Crippen molar-refractivity contribution in [3.63, 3.8) is 0 Å². The van der Waals surface area contributed by atoms with Gasteiger partial charge in [0.2, 0.25) is 0 Å². The number of esters is 1. The Morgan fingerprint density at radius 3 is 2.43 bits per heavy atom. The van der Waals surface area contributed by atoms with E-state index in [1.165, 1.54) is 5.56 Å². The first kappa shape index (κ1) is 13.4. The predicted molar refractivity (Wildman–Crippen MR) is 83.5 cm³/mol. The van der Waals surface area contributed by atoms with Crippen LogP contribution in [0.15, 0.2) is 72.0 Å². The second-order valence-corrected chi connectivity index (χ2v) is 5.17. The molecule has 3 rings (SSSR count). The summed E-state index contributed by atoms with van der Waals surface area (Å²) in [4.78, 5) is 11.9. The summed E-state index contributed by atoms with van der Waals surface area (Å²) in [6.07, 6.45) is 4.32. The molecule has 0 aliphatic carbocycles. The molecule has 2 aromatic rings. The molecule has 0 saturated carbocycles. The maximum atomic E-state index is 11.9. The lowest BCUT2D eigenvalue weighted by Gasteiger charge is -2.02. The average Bonchev–Trinajstić information content (AvgIpc) is 2.82. The topological polar surface area (TPSA) is 26.3 Å². The van der Waals surface area contributed by atoms with E-state index in [9.17, 15) is 4.79 Å². The Labute approximate surface area is 124 Å². The van der Waals surface area contributed by atoms with Crippen LogP contribution in [0.25, 0.3) is 6.08 Å². The molecule has 1 aliphatic heterocycles. The predicted octanol–water partition coefficient (Wildman–Crippen LogP) is 4.06. The van der Waals surface area contributed by atoms with Crippen molar-refractivity contribution in [2.24, 2.45) is 0 Å². The quantitative estimate of drug-likeness (QED) is 0.624. The molecule has 104 valence electrons. The minimum atomic E-state index is -0.277. The highest BCUT2D eigenvalue weighted by molar-refractivity contribution is 5.99. The van der Waals surface area contributed by atoms with Crippen molar-refractivity contribution in [3.8, 4) is 0 Å². The van der Waals surface area contributed by atoms with E-state index in [0.717, 1.165) is 11.1 Å². The van der Waals surface area contributed by atoms with Crippen LogP contribution in [0, 0.1) is 6.92 Å². The van der Waals surface area contributed by atoms with E-state index < -0.39 is 0 Å². The molecule has 2 nitrogen and oxygen atoms in total. The van der Waals surface area contributed by atoms with Gasteiger partial charge in [0.1, 0.15) is 5.76 Å². The molecule has 0 fully saturated rings. The van der Waals surface area contributed by atoms with E-state index in [2.05, 4.69) is 31.2 Å². The summed E-state index contributed by atoms with van der Waals surface area (Å²) < 4.78 is 5.33. The van der Waals surface area contributed by atoms with Crippen molar-refractivity contribution in [2.45, 2.75) is 13.3 Å². The number of allylic oxidation sites excluding steroid dienone is 1. The van der Waals surface area contributed by atoms with Gasteiger partial charge in [-0.05, 0) is 30.2 Å². The van der Waals surface area contributed by atoms with Crippen LogP contribution < -0.4 is 0 Å². The number of hydrogen-bond acceptors (Lipinski definition) is 2. The summed E-state index contributed by atoms with van der Waals surface area (Å²) in [7, 11) is 0. The number of rotatable bonds is 3. The van der Waals surface area contributed by atoms with E-state index >= 15 is 0 Å². The van der Waals surface area contributed by atoms with Crippen molar-refractivity contribution in [2.75, 3.05) is 0 Å².